The van der Waals surface area contributed by atoms with E-state index in [9.17, 15) is 4.79 Å². The van der Waals surface area contributed by atoms with Crippen molar-refractivity contribution in [2.75, 3.05) is 6.61 Å². The summed E-state index contributed by atoms with van der Waals surface area (Å²) in [5.74, 6) is -0.173. The standard InChI is InChI=1S/C18H18N4O2/c23-18(15-6-9-24-17(15)13-4-3-7-19-10-13)20-11-14-12-21-22-8-2-1-5-16(14)22/h1-5,7-8,10,12,15,17H,6,9,11H2,(H,20,23)/t15-,17+/m0/s1. The first-order chi connectivity index (χ1) is 11.8. The maximum absolute atomic E-state index is 12.6. The fraction of sp³-hybridized carbons (Fsp3) is 0.278. The number of ether oxygens (including phenoxy) is 1. The van der Waals surface area contributed by atoms with E-state index in [4.69, 9.17) is 4.74 Å². The third-order valence-corrected chi connectivity index (χ3v) is 4.40. The molecule has 0 bridgehead atoms. The number of carbonyl (C=O) groups is 1. The first-order valence-corrected chi connectivity index (χ1v) is 8.03. The number of hydrogen-bond acceptors (Lipinski definition) is 4. The van der Waals surface area contributed by atoms with Gasteiger partial charge in [0.2, 0.25) is 5.91 Å². The van der Waals surface area contributed by atoms with Gasteiger partial charge in [-0.2, -0.15) is 5.10 Å². The predicted octanol–water partition coefficient (Wildman–Crippen LogP) is 2.12. The molecule has 122 valence electrons. The molecule has 0 radical (unpaired) electrons. The lowest BCUT2D eigenvalue weighted by Gasteiger charge is -2.18. The maximum atomic E-state index is 12.6. The van der Waals surface area contributed by atoms with Crippen LogP contribution in [0.3, 0.4) is 0 Å². The zero-order valence-electron chi connectivity index (χ0n) is 13.1. The summed E-state index contributed by atoms with van der Waals surface area (Å²) in [4.78, 5) is 16.7. The van der Waals surface area contributed by atoms with Gasteiger partial charge in [0.15, 0.2) is 0 Å². The van der Waals surface area contributed by atoms with E-state index in [-0.39, 0.29) is 17.9 Å². The van der Waals surface area contributed by atoms with Gasteiger partial charge in [-0.05, 0) is 30.2 Å². The van der Waals surface area contributed by atoms with Crippen LogP contribution in [0.5, 0.6) is 0 Å². The van der Waals surface area contributed by atoms with Gasteiger partial charge in [-0.25, -0.2) is 4.52 Å². The van der Waals surface area contributed by atoms with Gasteiger partial charge < -0.3 is 10.1 Å². The maximum Gasteiger partial charge on any atom is 0.226 e. The Bertz CT molecular complexity index is 846. The number of fused-ring (bicyclic) bond motifs is 1. The van der Waals surface area contributed by atoms with E-state index in [1.54, 1.807) is 23.1 Å². The quantitative estimate of drug-likeness (QED) is 0.799. The number of amides is 1. The molecular weight excluding hydrogens is 304 g/mol. The smallest absolute Gasteiger partial charge is 0.226 e. The molecule has 0 aromatic carbocycles. The molecule has 0 saturated carbocycles. The van der Waals surface area contributed by atoms with Crippen LogP contribution in [0.25, 0.3) is 5.52 Å². The molecule has 4 heterocycles. The van der Waals surface area contributed by atoms with E-state index < -0.39 is 0 Å². The minimum Gasteiger partial charge on any atom is -0.373 e. The van der Waals surface area contributed by atoms with Crippen molar-refractivity contribution < 1.29 is 9.53 Å². The van der Waals surface area contributed by atoms with E-state index in [0.717, 1.165) is 23.1 Å². The van der Waals surface area contributed by atoms with Gasteiger partial charge in [-0.15, -0.1) is 0 Å². The van der Waals surface area contributed by atoms with Crippen molar-refractivity contribution >= 4 is 11.4 Å². The third kappa shape index (κ3) is 2.76. The van der Waals surface area contributed by atoms with Crippen molar-refractivity contribution in [3.8, 4) is 0 Å². The second-order valence-electron chi connectivity index (χ2n) is 5.89. The molecule has 4 rings (SSSR count). The predicted molar refractivity (Wildman–Crippen MR) is 88.1 cm³/mol. The zero-order valence-corrected chi connectivity index (χ0v) is 13.1. The van der Waals surface area contributed by atoms with Crippen LogP contribution in [0.4, 0.5) is 0 Å². The monoisotopic (exact) mass is 322 g/mol. The van der Waals surface area contributed by atoms with E-state index in [1.807, 2.05) is 36.5 Å². The van der Waals surface area contributed by atoms with Crippen molar-refractivity contribution in [1.82, 2.24) is 19.9 Å². The molecule has 1 aliphatic rings. The van der Waals surface area contributed by atoms with Gasteiger partial charge in [0.25, 0.3) is 0 Å². The van der Waals surface area contributed by atoms with Crippen LogP contribution in [0.2, 0.25) is 0 Å². The van der Waals surface area contributed by atoms with Crippen LogP contribution in [0, 0.1) is 5.92 Å². The molecule has 3 aromatic heterocycles. The fourth-order valence-electron chi connectivity index (χ4n) is 3.17. The second kappa shape index (κ2) is 6.41. The minimum atomic E-state index is -0.220. The highest BCUT2D eigenvalue weighted by atomic mass is 16.5. The van der Waals surface area contributed by atoms with E-state index in [0.29, 0.717) is 13.2 Å². The SMILES string of the molecule is O=C(NCc1cnn2ccccc12)[C@H]1CCO[C@@H]1c1cccnc1. The number of pyridine rings is 2. The summed E-state index contributed by atoms with van der Waals surface area (Å²) in [7, 11) is 0. The zero-order chi connectivity index (χ0) is 16.4. The molecule has 0 spiro atoms. The Balaban J connectivity index is 1.46. The van der Waals surface area contributed by atoms with Gasteiger partial charge in [0.1, 0.15) is 0 Å². The summed E-state index contributed by atoms with van der Waals surface area (Å²) >= 11 is 0. The second-order valence-corrected chi connectivity index (χ2v) is 5.89. The first kappa shape index (κ1) is 14.8. The molecule has 1 N–H and O–H groups in total. The van der Waals surface area contributed by atoms with Crippen molar-refractivity contribution in [3.05, 3.63) is 66.2 Å². The van der Waals surface area contributed by atoms with Crippen molar-refractivity contribution in [2.45, 2.75) is 19.1 Å². The van der Waals surface area contributed by atoms with Crippen molar-refractivity contribution in [2.24, 2.45) is 5.92 Å². The highest BCUT2D eigenvalue weighted by Gasteiger charge is 2.35. The van der Waals surface area contributed by atoms with Crippen LogP contribution in [0.1, 0.15) is 23.7 Å². The Kier molecular flexibility index (Phi) is 3.96. The molecule has 1 fully saturated rings. The molecule has 1 aliphatic heterocycles. The van der Waals surface area contributed by atoms with Gasteiger partial charge in [0.05, 0.1) is 23.7 Å². The number of nitrogens with zero attached hydrogens (tertiary/aromatic N) is 3. The Morgan fingerprint density at radius 1 is 1.29 bits per heavy atom. The molecular formula is C18H18N4O2. The molecule has 0 unspecified atom stereocenters. The fourth-order valence-corrected chi connectivity index (χ4v) is 3.17. The first-order valence-electron chi connectivity index (χ1n) is 8.03. The minimum absolute atomic E-state index is 0.0108. The van der Waals surface area contributed by atoms with Crippen LogP contribution in [0.15, 0.2) is 55.1 Å². The van der Waals surface area contributed by atoms with Gasteiger partial charge in [0, 0.05) is 37.3 Å². The number of rotatable bonds is 4. The molecule has 24 heavy (non-hydrogen) atoms. The van der Waals surface area contributed by atoms with Gasteiger partial charge in [-0.1, -0.05) is 12.1 Å². The van der Waals surface area contributed by atoms with Gasteiger partial charge >= 0.3 is 0 Å². The summed E-state index contributed by atoms with van der Waals surface area (Å²) in [6.07, 6.45) is 7.67. The molecule has 0 aliphatic carbocycles. The van der Waals surface area contributed by atoms with Crippen LogP contribution in [-0.4, -0.2) is 27.1 Å². The molecule has 1 amide bonds. The van der Waals surface area contributed by atoms with Crippen molar-refractivity contribution in [1.29, 1.82) is 0 Å². The van der Waals surface area contributed by atoms with E-state index >= 15 is 0 Å². The Labute approximate surface area is 139 Å². The lowest BCUT2D eigenvalue weighted by molar-refractivity contribution is -0.126. The highest BCUT2D eigenvalue weighted by Crippen LogP contribution is 2.34. The molecule has 6 nitrogen and oxygen atoms in total. The Morgan fingerprint density at radius 2 is 2.25 bits per heavy atom. The van der Waals surface area contributed by atoms with Crippen LogP contribution in [-0.2, 0) is 16.1 Å². The largest absolute Gasteiger partial charge is 0.373 e. The Hall–Kier alpha value is -2.73. The summed E-state index contributed by atoms with van der Waals surface area (Å²) in [5, 5.41) is 7.32. The average molecular weight is 322 g/mol. The lowest BCUT2D eigenvalue weighted by atomic mass is 9.95. The number of nitrogens with one attached hydrogen (secondary N) is 1. The molecule has 2 atom stereocenters. The molecule has 6 heteroatoms. The van der Waals surface area contributed by atoms with Crippen LogP contribution < -0.4 is 5.32 Å². The third-order valence-electron chi connectivity index (χ3n) is 4.40. The number of carbonyl (C=O) groups excluding carboxylic acids is 1. The number of aromatic nitrogens is 3. The number of hydrogen-bond donors (Lipinski definition) is 1. The lowest BCUT2D eigenvalue weighted by Crippen LogP contribution is -2.31. The van der Waals surface area contributed by atoms with E-state index in [1.165, 1.54) is 0 Å². The summed E-state index contributed by atoms with van der Waals surface area (Å²) in [6.45, 7) is 1.05. The molecule has 3 aromatic rings. The highest BCUT2D eigenvalue weighted by molar-refractivity contribution is 5.80. The van der Waals surface area contributed by atoms with Crippen molar-refractivity contribution in [3.63, 3.8) is 0 Å². The molecule has 1 saturated heterocycles. The normalized spacial score (nSPS) is 20.3. The topological polar surface area (TPSA) is 68.5 Å². The summed E-state index contributed by atoms with van der Waals surface area (Å²) in [5.41, 5.74) is 2.95. The van der Waals surface area contributed by atoms with Gasteiger partial charge in [-0.3, -0.25) is 9.78 Å². The van der Waals surface area contributed by atoms with Crippen LogP contribution >= 0.6 is 0 Å². The average Bonchev–Trinajstić information content (AvgIpc) is 3.28. The summed E-state index contributed by atoms with van der Waals surface area (Å²) < 4.78 is 7.57. The van der Waals surface area contributed by atoms with E-state index in [2.05, 4.69) is 15.4 Å². The Morgan fingerprint density at radius 3 is 3.12 bits per heavy atom. The summed E-state index contributed by atoms with van der Waals surface area (Å²) in [6, 6.07) is 9.70.